The van der Waals surface area contributed by atoms with Crippen LogP contribution in [0.3, 0.4) is 0 Å². The fourth-order valence-electron chi connectivity index (χ4n) is 3.88. The van der Waals surface area contributed by atoms with Crippen molar-refractivity contribution in [3.8, 4) is 0 Å². The predicted octanol–water partition coefficient (Wildman–Crippen LogP) is 1.53. The standard InChI is InChI=1S/C19H28N6O/c1-15-10-23-25(11-15)8-5-20-19-17-2-6-24(12-16-4-9-26-13-16)7-3-18(17)21-14-22-19/h10-11,14,16H,2-9,12-13H2,1H3,(H,20,21,22)/t16-/m1/s1. The number of anilines is 1. The molecule has 4 rings (SSSR count). The topological polar surface area (TPSA) is 68.1 Å². The van der Waals surface area contributed by atoms with Crippen molar-refractivity contribution in [3.63, 3.8) is 0 Å². The molecule has 0 radical (unpaired) electrons. The summed E-state index contributed by atoms with van der Waals surface area (Å²) in [6, 6.07) is 0. The molecule has 0 spiro atoms. The van der Waals surface area contributed by atoms with E-state index in [2.05, 4.69) is 38.4 Å². The molecule has 2 aromatic rings. The Labute approximate surface area is 154 Å². The van der Waals surface area contributed by atoms with Gasteiger partial charge in [0.25, 0.3) is 0 Å². The van der Waals surface area contributed by atoms with Crippen LogP contribution in [0.15, 0.2) is 18.7 Å². The third-order valence-electron chi connectivity index (χ3n) is 5.31. The normalized spacial score (nSPS) is 20.7. The summed E-state index contributed by atoms with van der Waals surface area (Å²) in [5, 5.41) is 7.83. The minimum absolute atomic E-state index is 0.692. The number of hydrogen-bond donors (Lipinski definition) is 1. The van der Waals surface area contributed by atoms with Gasteiger partial charge in [0.05, 0.1) is 25.0 Å². The number of nitrogens with zero attached hydrogens (tertiary/aromatic N) is 5. The maximum absolute atomic E-state index is 5.53. The zero-order chi connectivity index (χ0) is 17.8. The van der Waals surface area contributed by atoms with E-state index >= 15 is 0 Å². The van der Waals surface area contributed by atoms with Crippen LogP contribution in [0.25, 0.3) is 0 Å². The molecule has 2 aromatic heterocycles. The number of hydrogen-bond acceptors (Lipinski definition) is 6. The molecule has 1 saturated heterocycles. The van der Waals surface area contributed by atoms with Crippen LogP contribution >= 0.6 is 0 Å². The molecule has 0 amide bonds. The minimum atomic E-state index is 0.692. The van der Waals surface area contributed by atoms with Gasteiger partial charge < -0.3 is 15.0 Å². The van der Waals surface area contributed by atoms with Crippen molar-refractivity contribution in [2.45, 2.75) is 32.7 Å². The highest BCUT2D eigenvalue weighted by molar-refractivity contribution is 5.46. The second kappa shape index (κ2) is 8.14. The summed E-state index contributed by atoms with van der Waals surface area (Å²) in [5.41, 5.74) is 3.67. The molecule has 0 bridgehead atoms. The average Bonchev–Trinajstić information content (AvgIpc) is 3.25. The van der Waals surface area contributed by atoms with Crippen LogP contribution in [0.4, 0.5) is 5.82 Å². The van der Waals surface area contributed by atoms with Crippen molar-refractivity contribution in [2.75, 3.05) is 44.7 Å². The second-order valence-electron chi connectivity index (χ2n) is 7.39. The molecule has 7 nitrogen and oxygen atoms in total. The molecule has 1 atom stereocenters. The van der Waals surface area contributed by atoms with Crippen molar-refractivity contribution in [1.29, 1.82) is 0 Å². The Morgan fingerprint density at radius 2 is 2.19 bits per heavy atom. The highest BCUT2D eigenvalue weighted by Crippen LogP contribution is 2.22. The summed E-state index contributed by atoms with van der Waals surface area (Å²) in [6.45, 7) is 8.84. The summed E-state index contributed by atoms with van der Waals surface area (Å²) in [5.74, 6) is 1.68. The molecule has 0 saturated carbocycles. The van der Waals surface area contributed by atoms with E-state index in [1.54, 1.807) is 6.33 Å². The largest absolute Gasteiger partial charge is 0.381 e. The van der Waals surface area contributed by atoms with E-state index in [9.17, 15) is 0 Å². The Balaban J connectivity index is 1.35. The molecule has 1 N–H and O–H groups in total. The fraction of sp³-hybridized carbons (Fsp3) is 0.632. The van der Waals surface area contributed by atoms with Crippen molar-refractivity contribution >= 4 is 5.82 Å². The van der Waals surface area contributed by atoms with E-state index in [0.717, 1.165) is 64.6 Å². The highest BCUT2D eigenvalue weighted by Gasteiger charge is 2.23. The first kappa shape index (κ1) is 17.4. The van der Waals surface area contributed by atoms with E-state index in [0.29, 0.717) is 5.92 Å². The molecule has 0 aliphatic carbocycles. The molecule has 0 unspecified atom stereocenters. The number of nitrogens with one attached hydrogen (secondary N) is 1. The van der Waals surface area contributed by atoms with Gasteiger partial charge in [-0.2, -0.15) is 5.10 Å². The first-order valence-electron chi connectivity index (χ1n) is 9.64. The van der Waals surface area contributed by atoms with Gasteiger partial charge in [-0.25, -0.2) is 9.97 Å². The lowest BCUT2D eigenvalue weighted by atomic mass is 10.1. The summed E-state index contributed by atoms with van der Waals surface area (Å²) in [6.07, 6.45) is 8.85. The molecule has 7 heteroatoms. The van der Waals surface area contributed by atoms with Gasteiger partial charge >= 0.3 is 0 Å². The van der Waals surface area contributed by atoms with Crippen LogP contribution in [0, 0.1) is 12.8 Å². The van der Waals surface area contributed by atoms with Crippen molar-refractivity contribution in [1.82, 2.24) is 24.6 Å². The molecule has 0 aromatic carbocycles. The summed E-state index contributed by atoms with van der Waals surface area (Å²) in [4.78, 5) is 11.6. The number of ether oxygens (including phenoxy) is 1. The maximum atomic E-state index is 5.53. The Kier molecular flexibility index (Phi) is 5.45. The molecule has 2 aliphatic rings. The molecule has 2 aliphatic heterocycles. The minimum Gasteiger partial charge on any atom is -0.381 e. The average molecular weight is 356 g/mol. The third kappa shape index (κ3) is 4.22. The lowest BCUT2D eigenvalue weighted by Gasteiger charge is -2.22. The molecule has 1 fully saturated rings. The van der Waals surface area contributed by atoms with E-state index in [1.807, 2.05) is 10.9 Å². The van der Waals surface area contributed by atoms with Crippen LogP contribution in [0.1, 0.15) is 23.2 Å². The SMILES string of the molecule is Cc1cnn(CCNc2ncnc3c2CCN(C[C@H]2CCOC2)CC3)c1. The van der Waals surface area contributed by atoms with E-state index < -0.39 is 0 Å². The summed E-state index contributed by atoms with van der Waals surface area (Å²) in [7, 11) is 0. The fourth-order valence-corrected chi connectivity index (χ4v) is 3.88. The Morgan fingerprint density at radius 3 is 3.00 bits per heavy atom. The summed E-state index contributed by atoms with van der Waals surface area (Å²) >= 11 is 0. The van der Waals surface area contributed by atoms with Gasteiger partial charge in [-0.15, -0.1) is 0 Å². The first-order valence-corrected chi connectivity index (χ1v) is 9.64. The zero-order valence-corrected chi connectivity index (χ0v) is 15.5. The van der Waals surface area contributed by atoms with E-state index in [4.69, 9.17) is 4.74 Å². The lowest BCUT2D eigenvalue weighted by molar-refractivity contribution is 0.168. The number of fused-ring (bicyclic) bond motifs is 1. The van der Waals surface area contributed by atoms with Crippen molar-refractivity contribution in [3.05, 3.63) is 35.5 Å². The van der Waals surface area contributed by atoms with E-state index in [-0.39, 0.29) is 0 Å². The quantitative estimate of drug-likeness (QED) is 0.847. The Morgan fingerprint density at radius 1 is 1.27 bits per heavy atom. The lowest BCUT2D eigenvalue weighted by Crippen LogP contribution is -2.32. The Bertz CT molecular complexity index is 725. The number of aryl methyl sites for hydroxylation is 1. The zero-order valence-electron chi connectivity index (χ0n) is 15.5. The number of aromatic nitrogens is 4. The van der Waals surface area contributed by atoms with Crippen LogP contribution in [-0.2, 0) is 24.1 Å². The second-order valence-corrected chi connectivity index (χ2v) is 7.39. The van der Waals surface area contributed by atoms with E-state index in [1.165, 1.54) is 23.2 Å². The molecule has 4 heterocycles. The van der Waals surface area contributed by atoms with Crippen LogP contribution in [0.2, 0.25) is 0 Å². The smallest absolute Gasteiger partial charge is 0.132 e. The van der Waals surface area contributed by atoms with Crippen LogP contribution in [-0.4, -0.2) is 64.0 Å². The van der Waals surface area contributed by atoms with Gasteiger partial charge in [-0.1, -0.05) is 0 Å². The van der Waals surface area contributed by atoms with Gasteiger partial charge in [0, 0.05) is 51.0 Å². The molecular formula is C19H28N6O. The van der Waals surface area contributed by atoms with Crippen LogP contribution < -0.4 is 5.32 Å². The third-order valence-corrected chi connectivity index (χ3v) is 5.31. The summed E-state index contributed by atoms with van der Waals surface area (Å²) < 4.78 is 7.49. The van der Waals surface area contributed by atoms with Gasteiger partial charge in [0.15, 0.2) is 0 Å². The Hall–Kier alpha value is -1.99. The van der Waals surface area contributed by atoms with Gasteiger partial charge in [-0.05, 0) is 31.2 Å². The van der Waals surface area contributed by atoms with Crippen LogP contribution in [0.5, 0.6) is 0 Å². The monoisotopic (exact) mass is 356 g/mol. The van der Waals surface area contributed by atoms with Crippen molar-refractivity contribution in [2.24, 2.45) is 5.92 Å². The predicted molar refractivity (Wildman–Crippen MR) is 100 cm³/mol. The first-order chi connectivity index (χ1) is 12.8. The maximum Gasteiger partial charge on any atom is 0.132 e. The van der Waals surface area contributed by atoms with Crippen molar-refractivity contribution < 1.29 is 4.74 Å². The van der Waals surface area contributed by atoms with Gasteiger partial charge in [-0.3, -0.25) is 4.68 Å². The highest BCUT2D eigenvalue weighted by atomic mass is 16.5. The van der Waals surface area contributed by atoms with Gasteiger partial charge in [0.1, 0.15) is 12.1 Å². The number of rotatable bonds is 6. The van der Waals surface area contributed by atoms with Gasteiger partial charge in [0.2, 0.25) is 0 Å². The molecule has 140 valence electrons. The molecular weight excluding hydrogens is 328 g/mol. The molecule has 26 heavy (non-hydrogen) atoms.